The molecule has 0 radical (unpaired) electrons. The van der Waals surface area contributed by atoms with Crippen LogP contribution in [0.1, 0.15) is 28.4 Å². The lowest BCUT2D eigenvalue weighted by molar-refractivity contribution is 0.101. The molecule has 3 heteroatoms. The van der Waals surface area contributed by atoms with Crippen molar-refractivity contribution in [2.24, 2.45) is 0 Å². The lowest BCUT2D eigenvalue weighted by atomic mass is 10.0. The Morgan fingerprint density at radius 1 is 1.19 bits per heavy atom. The Bertz CT molecular complexity index is 590. The van der Waals surface area contributed by atoms with E-state index in [9.17, 15) is 4.79 Å². The van der Waals surface area contributed by atoms with Gasteiger partial charge < -0.3 is 0 Å². The van der Waals surface area contributed by atoms with Gasteiger partial charge >= 0.3 is 0 Å². The molecule has 0 unspecified atom stereocenters. The summed E-state index contributed by atoms with van der Waals surface area (Å²) in [5.74, 6) is -0.0578. The van der Waals surface area contributed by atoms with E-state index in [0.29, 0.717) is 5.56 Å². The van der Waals surface area contributed by atoms with Crippen LogP contribution in [-0.4, -0.2) is 10.8 Å². The first kappa shape index (κ1) is 11.1. The second kappa shape index (κ2) is 3.87. The molecule has 16 heavy (non-hydrogen) atoms. The standard InChI is InChI=1S/C13H12ClNO/c1-7-4-10-6-11(9(3)16)13(14)15-12(10)5-8(7)2/h4-6H,1-3H3. The van der Waals surface area contributed by atoms with Gasteiger partial charge in [0.25, 0.3) is 0 Å². The number of Topliss-reactive ketones (excluding diaryl/α,β-unsaturated/α-hetero) is 1. The van der Waals surface area contributed by atoms with Crippen molar-refractivity contribution in [3.05, 3.63) is 40.0 Å². The maximum atomic E-state index is 11.3. The summed E-state index contributed by atoms with van der Waals surface area (Å²) in [7, 11) is 0. The first-order valence-electron chi connectivity index (χ1n) is 5.07. The molecule has 0 spiro atoms. The largest absolute Gasteiger partial charge is 0.294 e. The zero-order valence-electron chi connectivity index (χ0n) is 9.47. The van der Waals surface area contributed by atoms with Gasteiger partial charge in [-0.05, 0) is 50.1 Å². The lowest BCUT2D eigenvalue weighted by Crippen LogP contribution is -1.96. The number of fused-ring (bicyclic) bond motifs is 1. The second-order valence-corrected chi connectivity index (χ2v) is 4.37. The number of hydrogen-bond acceptors (Lipinski definition) is 2. The summed E-state index contributed by atoms with van der Waals surface area (Å²) in [6.45, 7) is 5.57. The van der Waals surface area contributed by atoms with Crippen molar-refractivity contribution < 1.29 is 4.79 Å². The van der Waals surface area contributed by atoms with Crippen molar-refractivity contribution >= 4 is 28.3 Å². The minimum Gasteiger partial charge on any atom is -0.294 e. The molecule has 2 aromatic rings. The number of ketones is 1. The smallest absolute Gasteiger partial charge is 0.162 e. The zero-order chi connectivity index (χ0) is 11.9. The summed E-state index contributed by atoms with van der Waals surface area (Å²) in [5.41, 5.74) is 3.67. The van der Waals surface area contributed by atoms with Crippen LogP contribution in [0.2, 0.25) is 5.15 Å². The normalized spacial score (nSPS) is 10.8. The highest BCUT2D eigenvalue weighted by Crippen LogP contribution is 2.23. The van der Waals surface area contributed by atoms with Crippen LogP contribution in [0.15, 0.2) is 18.2 Å². The van der Waals surface area contributed by atoms with Crippen molar-refractivity contribution in [1.29, 1.82) is 0 Å². The van der Waals surface area contributed by atoms with Gasteiger partial charge in [0, 0.05) is 5.39 Å². The highest BCUT2D eigenvalue weighted by molar-refractivity contribution is 6.33. The van der Waals surface area contributed by atoms with Crippen molar-refractivity contribution in [3.8, 4) is 0 Å². The second-order valence-electron chi connectivity index (χ2n) is 4.01. The predicted octanol–water partition coefficient (Wildman–Crippen LogP) is 3.71. The summed E-state index contributed by atoms with van der Waals surface area (Å²) in [4.78, 5) is 15.6. The number of nitrogens with zero attached hydrogens (tertiary/aromatic N) is 1. The van der Waals surface area contributed by atoms with Crippen LogP contribution in [0.4, 0.5) is 0 Å². The van der Waals surface area contributed by atoms with E-state index in [1.165, 1.54) is 18.1 Å². The molecule has 0 aliphatic heterocycles. The molecule has 0 saturated carbocycles. The van der Waals surface area contributed by atoms with Crippen molar-refractivity contribution in [3.63, 3.8) is 0 Å². The highest BCUT2D eigenvalue weighted by atomic mass is 35.5. The van der Waals surface area contributed by atoms with Gasteiger partial charge in [-0.25, -0.2) is 4.98 Å². The third-order valence-electron chi connectivity index (χ3n) is 2.76. The fourth-order valence-corrected chi connectivity index (χ4v) is 1.94. The maximum absolute atomic E-state index is 11.3. The Kier molecular flexibility index (Phi) is 2.68. The van der Waals surface area contributed by atoms with Crippen LogP contribution >= 0.6 is 11.6 Å². The Balaban J connectivity index is 2.79. The number of carbonyl (C=O) groups is 1. The van der Waals surface area contributed by atoms with Gasteiger partial charge in [-0.1, -0.05) is 11.6 Å². The predicted molar refractivity (Wildman–Crippen MR) is 66.2 cm³/mol. The molecule has 1 heterocycles. The molecule has 82 valence electrons. The molecule has 0 fully saturated rings. The van der Waals surface area contributed by atoms with Gasteiger partial charge in [-0.15, -0.1) is 0 Å². The van der Waals surface area contributed by atoms with E-state index in [-0.39, 0.29) is 10.9 Å². The van der Waals surface area contributed by atoms with Crippen molar-refractivity contribution in [2.75, 3.05) is 0 Å². The highest BCUT2D eigenvalue weighted by Gasteiger charge is 2.09. The number of benzene rings is 1. The van der Waals surface area contributed by atoms with Gasteiger partial charge in [-0.2, -0.15) is 0 Å². The molecule has 0 aliphatic carbocycles. The van der Waals surface area contributed by atoms with Crippen LogP contribution in [0, 0.1) is 13.8 Å². The van der Waals surface area contributed by atoms with E-state index >= 15 is 0 Å². The maximum Gasteiger partial charge on any atom is 0.162 e. The number of aryl methyl sites for hydroxylation is 2. The molecule has 0 amide bonds. The van der Waals surface area contributed by atoms with Crippen LogP contribution in [-0.2, 0) is 0 Å². The molecular weight excluding hydrogens is 222 g/mol. The minimum absolute atomic E-state index is 0.0578. The van der Waals surface area contributed by atoms with Crippen LogP contribution in [0.5, 0.6) is 0 Å². The quantitative estimate of drug-likeness (QED) is 0.555. The molecule has 1 aromatic carbocycles. The Hall–Kier alpha value is -1.41. The zero-order valence-corrected chi connectivity index (χ0v) is 10.2. The number of aromatic nitrogens is 1. The van der Waals surface area contributed by atoms with Crippen LogP contribution in [0.25, 0.3) is 10.9 Å². The van der Waals surface area contributed by atoms with Gasteiger partial charge in [0.2, 0.25) is 0 Å². The van der Waals surface area contributed by atoms with Gasteiger partial charge in [0.05, 0.1) is 11.1 Å². The summed E-state index contributed by atoms with van der Waals surface area (Å²) in [6.07, 6.45) is 0. The molecule has 0 N–H and O–H groups in total. The fraction of sp³-hybridized carbons (Fsp3) is 0.231. The fourth-order valence-electron chi connectivity index (χ4n) is 1.66. The van der Waals surface area contributed by atoms with E-state index in [1.807, 2.05) is 26.0 Å². The summed E-state index contributed by atoms with van der Waals surface area (Å²) in [6, 6.07) is 5.82. The number of pyridine rings is 1. The van der Waals surface area contributed by atoms with E-state index < -0.39 is 0 Å². The first-order chi connectivity index (χ1) is 7.49. The summed E-state index contributed by atoms with van der Waals surface area (Å²) < 4.78 is 0. The van der Waals surface area contributed by atoms with Crippen molar-refractivity contribution in [1.82, 2.24) is 4.98 Å². The van der Waals surface area contributed by atoms with E-state index in [1.54, 1.807) is 6.07 Å². The molecule has 0 atom stereocenters. The Morgan fingerprint density at radius 2 is 1.81 bits per heavy atom. The Labute approximate surface area is 99.3 Å². The Morgan fingerprint density at radius 3 is 2.44 bits per heavy atom. The molecule has 2 nitrogen and oxygen atoms in total. The molecule has 0 aliphatic rings. The number of halogens is 1. The van der Waals surface area contributed by atoms with Crippen LogP contribution in [0.3, 0.4) is 0 Å². The third-order valence-corrected chi connectivity index (χ3v) is 3.05. The first-order valence-corrected chi connectivity index (χ1v) is 5.45. The topological polar surface area (TPSA) is 30.0 Å². The molecule has 2 rings (SSSR count). The number of hydrogen-bond donors (Lipinski definition) is 0. The van der Waals surface area contributed by atoms with Gasteiger partial charge in [0.1, 0.15) is 5.15 Å². The minimum atomic E-state index is -0.0578. The molecule has 0 bridgehead atoms. The average molecular weight is 234 g/mol. The van der Waals surface area contributed by atoms with Gasteiger partial charge in [-0.3, -0.25) is 4.79 Å². The van der Waals surface area contributed by atoms with Crippen molar-refractivity contribution in [2.45, 2.75) is 20.8 Å². The number of carbonyl (C=O) groups excluding carboxylic acids is 1. The van der Waals surface area contributed by atoms with Crippen LogP contribution < -0.4 is 0 Å². The molecular formula is C13H12ClNO. The SMILES string of the molecule is CC(=O)c1cc2cc(C)c(C)cc2nc1Cl. The van der Waals surface area contributed by atoms with Gasteiger partial charge in [0.15, 0.2) is 5.78 Å². The van der Waals surface area contributed by atoms with E-state index in [2.05, 4.69) is 4.98 Å². The monoisotopic (exact) mass is 233 g/mol. The lowest BCUT2D eigenvalue weighted by Gasteiger charge is -2.06. The number of rotatable bonds is 1. The molecule has 1 aromatic heterocycles. The third kappa shape index (κ3) is 1.81. The van der Waals surface area contributed by atoms with E-state index in [4.69, 9.17) is 11.6 Å². The molecule has 0 saturated heterocycles. The summed E-state index contributed by atoms with van der Waals surface area (Å²) in [5, 5.41) is 1.24. The summed E-state index contributed by atoms with van der Waals surface area (Å²) >= 11 is 5.96. The van der Waals surface area contributed by atoms with E-state index in [0.717, 1.165) is 10.9 Å². The average Bonchev–Trinajstić information content (AvgIpc) is 2.19.